The van der Waals surface area contributed by atoms with Crippen LogP contribution in [0.15, 0.2) is 146 Å². The lowest BCUT2D eigenvalue weighted by Crippen LogP contribution is -2.11. The van der Waals surface area contributed by atoms with E-state index in [1.165, 1.54) is 98.0 Å². The van der Waals surface area contributed by atoms with Gasteiger partial charge in [-0.3, -0.25) is 0 Å². The minimum atomic E-state index is 0.00396. The van der Waals surface area contributed by atoms with Gasteiger partial charge in [0.15, 0.2) is 0 Å². The highest BCUT2D eigenvalue weighted by atomic mass is 14.3. The average molecular weight is 643 g/mol. The molecule has 0 atom stereocenters. The van der Waals surface area contributed by atoms with Gasteiger partial charge in [-0.15, -0.1) is 0 Å². The normalized spacial score (nSPS) is 12.6. The Morgan fingerprint density at radius 2 is 0.840 bits per heavy atom. The van der Waals surface area contributed by atoms with Crippen molar-refractivity contribution in [2.75, 3.05) is 0 Å². The van der Waals surface area contributed by atoms with Crippen LogP contribution in [0.1, 0.15) is 52.7 Å². The highest BCUT2D eigenvalue weighted by Crippen LogP contribution is 2.49. The molecule has 0 amide bonds. The van der Waals surface area contributed by atoms with Gasteiger partial charge >= 0.3 is 0 Å². The van der Waals surface area contributed by atoms with Crippen LogP contribution in [0.3, 0.4) is 0 Å². The van der Waals surface area contributed by atoms with Gasteiger partial charge in [0.05, 0.1) is 0 Å². The predicted octanol–water partition coefficient (Wildman–Crippen LogP) is 14.5. The summed E-state index contributed by atoms with van der Waals surface area (Å²) in [4.78, 5) is 0. The molecule has 0 heteroatoms. The molecule has 0 heterocycles. The molecule has 9 rings (SSSR count). The van der Waals surface area contributed by atoms with Crippen molar-refractivity contribution in [3.63, 3.8) is 0 Å². The maximum absolute atomic E-state index is 2.49. The van der Waals surface area contributed by atoms with Crippen LogP contribution < -0.4 is 0 Å². The van der Waals surface area contributed by atoms with Gasteiger partial charge in [0.1, 0.15) is 0 Å². The summed E-state index contributed by atoms with van der Waals surface area (Å²) >= 11 is 0. The van der Waals surface area contributed by atoms with Gasteiger partial charge in [-0.1, -0.05) is 163 Å². The van der Waals surface area contributed by atoms with Crippen molar-refractivity contribution in [1.82, 2.24) is 0 Å². The first-order valence-electron chi connectivity index (χ1n) is 17.9. The summed E-state index contributed by atoms with van der Waals surface area (Å²) < 4.78 is 0. The Morgan fingerprint density at radius 1 is 0.320 bits per heavy atom. The van der Waals surface area contributed by atoms with Crippen molar-refractivity contribution in [3.05, 3.63) is 157 Å². The highest BCUT2D eigenvalue weighted by Gasteiger charge is 2.24. The minimum absolute atomic E-state index is 0.00396. The van der Waals surface area contributed by atoms with Crippen LogP contribution in [0.2, 0.25) is 0 Å². The third-order valence-corrected chi connectivity index (χ3v) is 10.9. The highest BCUT2D eigenvalue weighted by molar-refractivity contribution is 6.28. The molecule has 0 spiro atoms. The topological polar surface area (TPSA) is 0 Å². The van der Waals surface area contributed by atoms with Crippen LogP contribution in [0.5, 0.6) is 0 Å². The molecule has 0 radical (unpaired) electrons. The van der Waals surface area contributed by atoms with E-state index in [-0.39, 0.29) is 10.8 Å². The van der Waals surface area contributed by atoms with Crippen LogP contribution in [0.25, 0.3) is 86.9 Å². The van der Waals surface area contributed by atoms with E-state index in [1.54, 1.807) is 0 Å². The number of benzene rings is 9. The molecule has 0 unspecified atom stereocenters. The summed E-state index contributed by atoms with van der Waals surface area (Å²) in [5.74, 6) is 0. The quantitative estimate of drug-likeness (QED) is 0.130. The van der Waals surface area contributed by atoms with Crippen molar-refractivity contribution in [2.45, 2.75) is 52.4 Å². The van der Waals surface area contributed by atoms with E-state index < -0.39 is 0 Å². The lowest BCUT2D eigenvalue weighted by molar-refractivity contribution is 0.590. The van der Waals surface area contributed by atoms with Crippen molar-refractivity contribution < 1.29 is 0 Å². The third kappa shape index (κ3) is 4.81. The van der Waals surface area contributed by atoms with Crippen molar-refractivity contribution in [3.8, 4) is 22.3 Å². The van der Waals surface area contributed by atoms with Gasteiger partial charge in [-0.05, 0) is 133 Å². The smallest absolute Gasteiger partial charge is 0.00198 e. The molecule has 9 aromatic rings. The summed E-state index contributed by atoms with van der Waals surface area (Å²) in [5, 5.41) is 15.5. The molecule has 0 aliphatic rings. The summed E-state index contributed by atoms with van der Waals surface area (Å²) in [6.45, 7) is 13.9. The Balaban J connectivity index is 1.50. The van der Waals surface area contributed by atoms with Gasteiger partial charge < -0.3 is 0 Å². The summed E-state index contributed by atoms with van der Waals surface area (Å²) in [5.41, 5.74) is 7.88. The van der Waals surface area contributed by atoms with Crippen LogP contribution in [-0.4, -0.2) is 0 Å². The molecule has 0 bridgehead atoms. The van der Waals surface area contributed by atoms with Crippen LogP contribution in [-0.2, 0) is 10.8 Å². The molecule has 242 valence electrons. The Kier molecular flexibility index (Phi) is 6.74. The van der Waals surface area contributed by atoms with E-state index in [2.05, 4.69) is 187 Å². The maximum atomic E-state index is 2.49. The maximum Gasteiger partial charge on any atom is -0.00198 e. The standard InChI is InChI=1S/C50H42/c1-49(2,3)36-24-26-42-44(29-36)47(34-21-19-31-13-7-8-15-33(31)27-34)41-25-23-37(50(4,5)6)30-45(41)48(42)43-28-35-22-20-32-14-9-10-16-38(32)46(35)40-18-12-11-17-39(40)43/h7-30H,1-6H3. The second kappa shape index (κ2) is 11.0. The van der Waals surface area contributed by atoms with Crippen LogP contribution >= 0.6 is 0 Å². The first-order valence-corrected chi connectivity index (χ1v) is 17.9. The number of rotatable bonds is 2. The molecule has 0 nitrogen and oxygen atoms in total. The SMILES string of the molecule is CC(C)(C)c1ccc2c(-c3cc4ccc5ccccc5c4c4ccccc34)c3cc(C(C)(C)C)ccc3c(-c3ccc4ccccc4c3)c2c1. The number of fused-ring (bicyclic) bond motifs is 8. The molecule has 50 heavy (non-hydrogen) atoms. The minimum Gasteiger partial charge on any atom is -0.0616 e. The van der Waals surface area contributed by atoms with Crippen LogP contribution in [0, 0.1) is 0 Å². The molecule has 9 aromatic carbocycles. The van der Waals surface area contributed by atoms with E-state index in [0.29, 0.717) is 0 Å². The molecule has 0 aliphatic carbocycles. The van der Waals surface area contributed by atoms with Crippen molar-refractivity contribution >= 4 is 64.6 Å². The fourth-order valence-corrected chi connectivity index (χ4v) is 8.19. The summed E-state index contributed by atoms with van der Waals surface area (Å²) in [7, 11) is 0. The van der Waals surface area contributed by atoms with E-state index in [1.807, 2.05) is 0 Å². The van der Waals surface area contributed by atoms with E-state index in [0.717, 1.165) is 0 Å². The number of hydrogen-bond acceptors (Lipinski definition) is 0. The van der Waals surface area contributed by atoms with Gasteiger partial charge in [0.25, 0.3) is 0 Å². The van der Waals surface area contributed by atoms with Gasteiger partial charge in [0.2, 0.25) is 0 Å². The Bertz CT molecular complexity index is 2820. The van der Waals surface area contributed by atoms with E-state index >= 15 is 0 Å². The van der Waals surface area contributed by atoms with Gasteiger partial charge in [-0.2, -0.15) is 0 Å². The van der Waals surface area contributed by atoms with Gasteiger partial charge in [-0.25, -0.2) is 0 Å². The van der Waals surface area contributed by atoms with E-state index in [4.69, 9.17) is 0 Å². The molecule has 0 aromatic heterocycles. The first kappa shape index (κ1) is 30.6. The van der Waals surface area contributed by atoms with E-state index in [9.17, 15) is 0 Å². The Morgan fingerprint density at radius 3 is 1.52 bits per heavy atom. The summed E-state index contributed by atoms with van der Waals surface area (Å²) in [6.07, 6.45) is 0. The van der Waals surface area contributed by atoms with Gasteiger partial charge in [0, 0.05) is 0 Å². The fourth-order valence-electron chi connectivity index (χ4n) is 8.19. The second-order valence-electron chi connectivity index (χ2n) is 16.2. The fraction of sp³-hybridized carbons (Fsp3) is 0.160. The molecular weight excluding hydrogens is 601 g/mol. The lowest BCUT2D eigenvalue weighted by Gasteiger charge is -2.25. The van der Waals surface area contributed by atoms with Crippen molar-refractivity contribution in [1.29, 1.82) is 0 Å². The largest absolute Gasteiger partial charge is 0.0616 e. The summed E-state index contributed by atoms with van der Waals surface area (Å²) in [6, 6.07) is 55.2. The molecular formula is C50H42. The van der Waals surface area contributed by atoms with Crippen LogP contribution in [0.4, 0.5) is 0 Å². The molecule has 0 fully saturated rings. The monoisotopic (exact) mass is 642 g/mol. The predicted molar refractivity (Wildman–Crippen MR) is 220 cm³/mol. The zero-order valence-corrected chi connectivity index (χ0v) is 29.9. The Hall–Kier alpha value is -5.46. The average Bonchev–Trinajstić information content (AvgIpc) is 3.12. The van der Waals surface area contributed by atoms with Crippen molar-refractivity contribution in [2.24, 2.45) is 0 Å². The molecule has 0 saturated heterocycles. The third-order valence-electron chi connectivity index (χ3n) is 10.9. The zero-order chi connectivity index (χ0) is 34.4. The molecule has 0 saturated carbocycles. The first-order chi connectivity index (χ1) is 24.1. The zero-order valence-electron chi connectivity index (χ0n) is 29.9. The lowest BCUT2D eigenvalue weighted by atomic mass is 9.78. The second-order valence-corrected chi connectivity index (χ2v) is 16.2. The Labute approximate surface area is 295 Å². The number of hydrogen-bond donors (Lipinski definition) is 0. The molecule has 0 aliphatic heterocycles. The molecule has 0 N–H and O–H groups in total.